The number of fused-ring (bicyclic) bond motifs is 1. The highest BCUT2D eigenvalue weighted by molar-refractivity contribution is 5.85. The molecule has 3 rings (SSSR count). The average Bonchev–Trinajstić information content (AvgIpc) is 2.47. The molecule has 0 unspecified atom stereocenters. The molecule has 3 aromatic rings. The third-order valence-corrected chi connectivity index (χ3v) is 2.97. The summed E-state index contributed by atoms with van der Waals surface area (Å²) in [7, 11) is 0. The van der Waals surface area contributed by atoms with Gasteiger partial charge in [0.05, 0.1) is 5.69 Å². The smallest absolute Gasteiger partial charge is 0.187 e. The molecule has 20 heavy (non-hydrogen) atoms. The number of phenolic OH excluding ortho intramolecular Hbond substituents is 1. The van der Waals surface area contributed by atoms with E-state index in [2.05, 4.69) is 4.98 Å². The highest BCUT2D eigenvalue weighted by Gasteiger charge is 2.00. The van der Waals surface area contributed by atoms with Gasteiger partial charge in [-0.1, -0.05) is 54.6 Å². The lowest BCUT2D eigenvalue weighted by Crippen LogP contribution is -1.83. The van der Waals surface area contributed by atoms with E-state index in [1.54, 1.807) is 6.07 Å². The Balaban J connectivity index is 0.00000147. The Morgan fingerprint density at radius 1 is 0.800 bits per heavy atom. The van der Waals surface area contributed by atoms with Gasteiger partial charge in [-0.05, 0) is 23.8 Å². The van der Waals surface area contributed by atoms with Crippen molar-refractivity contribution in [3.63, 3.8) is 0 Å². The number of phenols is 1. The van der Waals surface area contributed by atoms with Crippen LogP contribution in [0.1, 0.15) is 11.3 Å². The summed E-state index contributed by atoms with van der Waals surface area (Å²) in [5.74, 6) is 0.215. The van der Waals surface area contributed by atoms with Crippen LogP contribution in [0.15, 0.2) is 60.7 Å². The van der Waals surface area contributed by atoms with Crippen molar-refractivity contribution in [2.75, 3.05) is 0 Å². The first kappa shape index (κ1) is 14.3. The van der Waals surface area contributed by atoms with E-state index in [1.807, 2.05) is 66.7 Å². The van der Waals surface area contributed by atoms with Crippen LogP contribution in [0.4, 0.5) is 0 Å². The normalized spacial score (nSPS) is 10.6. The van der Waals surface area contributed by atoms with Crippen molar-refractivity contribution in [2.45, 2.75) is 0 Å². The van der Waals surface area contributed by atoms with Gasteiger partial charge in [0.25, 0.3) is 0 Å². The molecular weight excluding hydrogens is 261 g/mol. The number of benzene rings is 2. The van der Waals surface area contributed by atoms with Crippen molar-refractivity contribution in [3.05, 3.63) is 71.9 Å². The third kappa shape index (κ3) is 3.08. The topological polar surface area (TPSA) is 33.1 Å². The zero-order valence-electron chi connectivity index (χ0n) is 10.3. The van der Waals surface area contributed by atoms with E-state index in [4.69, 9.17) is 0 Å². The Kier molecular flexibility index (Phi) is 4.58. The Labute approximate surface area is 128 Å². The molecule has 98 valence electrons. The summed E-state index contributed by atoms with van der Waals surface area (Å²) in [4.78, 5) is 4.45. The highest BCUT2D eigenvalue weighted by atomic mass is 27.0. The first-order chi connectivity index (χ1) is 9.33. The maximum atomic E-state index is 9.79. The van der Waals surface area contributed by atoms with Crippen LogP contribution in [-0.4, -0.2) is 27.5 Å². The quantitative estimate of drug-likeness (QED) is 0.731. The minimum atomic E-state index is 0. The first-order valence-electron chi connectivity index (χ1n) is 6.15. The van der Waals surface area contributed by atoms with Gasteiger partial charge in [-0.3, -0.25) is 0 Å². The zero-order valence-corrected chi connectivity index (χ0v) is 10.3. The molecule has 0 aliphatic carbocycles. The van der Waals surface area contributed by atoms with E-state index >= 15 is 0 Å². The summed E-state index contributed by atoms with van der Waals surface area (Å²) in [5.41, 5.74) is 2.59. The maximum absolute atomic E-state index is 9.79. The molecule has 0 aliphatic heterocycles. The fourth-order valence-corrected chi connectivity index (χ4v) is 1.99. The molecule has 0 amide bonds. The number of para-hydroxylation sites is 1. The first-order valence-corrected chi connectivity index (χ1v) is 6.15. The van der Waals surface area contributed by atoms with Crippen molar-refractivity contribution in [3.8, 4) is 5.75 Å². The lowest BCUT2D eigenvalue weighted by atomic mass is 10.1. The van der Waals surface area contributed by atoms with Crippen LogP contribution in [0.5, 0.6) is 5.75 Å². The number of nitrogens with zero attached hydrogens (tertiary/aromatic N) is 1. The molecule has 1 heterocycles. The van der Waals surface area contributed by atoms with E-state index in [-0.39, 0.29) is 23.1 Å². The van der Waals surface area contributed by atoms with Gasteiger partial charge in [0.1, 0.15) is 11.3 Å². The van der Waals surface area contributed by atoms with Gasteiger partial charge in [0.15, 0.2) is 17.4 Å². The SMILES string of the molecule is Oc1cccc2ccc(C=Cc3ccccc3)nc12.[AlH3]. The van der Waals surface area contributed by atoms with Gasteiger partial charge in [-0.2, -0.15) is 0 Å². The second-order valence-electron chi connectivity index (χ2n) is 4.33. The molecule has 2 aromatic carbocycles. The van der Waals surface area contributed by atoms with Gasteiger partial charge in [-0.25, -0.2) is 4.98 Å². The second kappa shape index (κ2) is 6.38. The van der Waals surface area contributed by atoms with Crippen LogP contribution < -0.4 is 0 Å². The Morgan fingerprint density at radius 3 is 2.40 bits per heavy atom. The molecule has 0 fully saturated rings. The summed E-state index contributed by atoms with van der Waals surface area (Å²) in [5, 5.41) is 10.7. The summed E-state index contributed by atoms with van der Waals surface area (Å²) >= 11 is 0. The predicted octanol–water partition coefficient (Wildman–Crippen LogP) is 2.93. The summed E-state index contributed by atoms with van der Waals surface area (Å²) in [6.45, 7) is 0. The second-order valence-corrected chi connectivity index (χ2v) is 4.33. The van der Waals surface area contributed by atoms with E-state index in [9.17, 15) is 5.11 Å². The Morgan fingerprint density at radius 2 is 1.60 bits per heavy atom. The van der Waals surface area contributed by atoms with E-state index in [0.29, 0.717) is 5.52 Å². The molecule has 0 saturated heterocycles. The minimum absolute atomic E-state index is 0. The van der Waals surface area contributed by atoms with Gasteiger partial charge in [0, 0.05) is 5.39 Å². The molecule has 0 saturated carbocycles. The molecule has 0 bridgehead atoms. The number of aromatic nitrogens is 1. The van der Waals surface area contributed by atoms with Gasteiger partial charge in [-0.15, -0.1) is 0 Å². The summed E-state index contributed by atoms with van der Waals surface area (Å²) < 4.78 is 0. The molecule has 2 nitrogen and oxygen atoms in total. The lowest BCUT2D eigenvalue weighted by Gasteiger charge is -2.01. The van der Waals surface area contributed by atoms with Crippen molar-refractivity contribution >= 4 is 40.4 Å². The van der Waals surface area contributed by atoms with Crippen molar-refractivity contribution in [1.29, 1.82) is 0 Å². The molecule has 0 atom stereocenters. The Hall–Kier alpha value is -2.08. The summed E-state index contributed by atoms with van der Waals surface area (Å²) in [6, 6.07) is 19.4. The van der Waals surface area contributed by atoms with Crippen LogP contribution in [0.2, 0.25) is 0 Å². The number of rotatable bonds is 2. The molecule has 3 heteroatoms. The standard InChI is InChI=1S/C17H13NO.Al.3H/c19-16-8-4-7-14-10-12-15(18-17(14)16)11-9-13-5-2-1-3-6-13;;;;/h1-12,19H;;;;. The largest absolute Gasteiger partial charge is 0.506 e. The van der Waals surface area contributed by atoms with Crippen molar-refractivity contribution in [2.24, 2.45) is 0 Å². The van der Waals surface area contributed by atoms with Crippen LogP contribution in [0, 0.1) is 0 Å². The fourth-order valence-electron chi connectivity index (χ4n) is 1.99. The maximum Gasteiger partial charge on any atom is 0.187 e. The molecule has 0 aliphatic rings. The molecule has 1 aromatic heterocycles. The monoisotopic (exact) mass is 277 g/mol. The van der Waals surface area contributed by atoms with Crippen molar-refractivity contribution < 1.29 is 5.11 Å². The number of hydrogen-bond acceptors (Lipinski definition) is 2. The van der Waals surface area contributed by atoms with Gasteiger partial charge in [0.2, 0.25) is 0 Å². The highest BCUT2D eigenvalue weighted by Crippen LogP contribution is 2.22. The van der Waals surface area contributed by atoms with E-state index in [1.165, 1.54) is 0 Å². The van der Waals surface area contributed by atoms with E-state index in [0.717, 1.165) is 16.6 Å². The lowest BCUT2D eigenvalue weighted by molar-refractivity contribution is 0.480. The average molecular weight is 277 g/mol. The number of hydrogen-bond donors (Lipinski definition) is 1. The minimum Gasteiger partial charge on any atom is -0.506 e. The van der Waals surface area contributed by atoms with Crippen LogP contribution >= 0.6 is 0 Å². The summed E-state index contributed by atoms with van der Waals surface area (Å²) in [6.07, 6.45) is 3.95. The Bertz CT molecular complexity index is 738. The number of pyridine rings is 1. The van der Waals surface area contributed by atoms with Crippen LogP contribution in [-0.2, 0) is 0 Å². The zero-order chi connectivity index (χ0) is 13.1. The van der Waals surface area contributed by atoms with Crippen LogP contribution in [0.25, 0.3) is 23.1 Å². The van der Waals surface area contributed by atoms with Crippen LogP contribution in [0.3, 0.4) is 0 Å². The number of aromatic hydroxyl groups is 1. The van der Waals surface area contributed by atoms with Gasteiger partial charge < -0.3 is 5.11 Å². The third-order valence-electron chi connectivity index (χ3n) is 2.97. The van der Waals surface area contributed by atoms with Crippen molar-refractivity contribution in [1.82, 2.24) is 4.98 Å². The molecule has 0 spiro atoms. The molecule has 1 N–H and O–H groups in total. The van der Waals surface area contributed by atoms with E-state index < -0.39 is 0 Å². The fraction of sp³-hybridized carbons (Fsp3) is 0. The molecule has 0 radical (unpaired) electrons. The molecular formula is C17H16AlNO. The predicted molar refractivity (Wildman–Crippen MR) is 88.7 cm³/mol. The van der Waals surface area contributed by atoms with Gasteiger partial charge >= 0.3 is 0 Å².